The van der Waals surface area contributed by atoms with Crippen LogP contribution in [0.25, 0.3) is 6.08 Å². The zero-order valence-corrected chi connectivity index (χ0v) is 21.0. The summed E-state index contributed by atoms with van der Waals surface area (Å²) < 4.78 is 25.1. The largest absolute Gasteiger partial charge is 0.497 e. The molecule has 1 saturated heterocycles. The van der Waals surface area contributed by atoms with E-state index in [-0.39, 0.29) is 11.4 Å². The average molecular weight is 586 g/mol. The molecule has 0 aliphatic carbocycles. The lowest BCUT2D eigenvalue weighted by Gasteiger charge is -2.26. The standard InChI is InChI=1S/C26H20FIN2O5/c1-34-19-8-6-18(7-9-19)30-25(32)21(24(31)29-26(30)33)12-16-13-22(28)20(23(14-16)35-2)11-15-4-3-5-17(27)10-15/h3-10,12-14H,11H2,1-2H3,(H,29,31,33)/b21-12+. The Bertz CT molecular complexity index is 1350. The van der Waals surface area contributed by atoms with E-state index < -0.39 is 17.8 Å². The second-order valence-electron chi connectivity index (χ2n) is 7.65. The van der Waals surface area contributed by atoms with Crippen molar-refractivity contribution in [1.82, 2.24) is 5.32 Å². The maximum atomic E-state index is 13.6. The van der Waals surface area contributed by atoms with Gasteiger partial charge in [-0.25, -0.2) is 14.1 Å². The summed E-state index contributed by atoms with van der Waals surface area (Å²) in [6, 6.07) is 15.3. The summed E-state index contributed by atoms with van der Waals surface area (Å²) in [5, 5.41) is 2.21. The third kappa shape index (κ3) is 5.19. The molecule has 0 aromatic heterocycles. The maximum Gasteiger partial charge on any atom is 0.335 e. The fourth-order valence-corrected chi connectivity index (χ4v) is 4.53. The van der Waals surface area contributed by atoms with Crippen LogP contribution in [0.1, 0.15) is 16.7 Å². The van der Waals surface area contributed by atoms with Crippen LogP contribution in [-0.4, -0.2) is 32.1 Å². The third-order valence-electron chi connectivity index (χ3n) is 5.41. The number of halogens is 2. The van der Waals surface area contributed by atoms with E-state index in [0.717, 1.165) is 19.6 Å². The minimum absolute atomic E-state index is 0.198. The van der Waals surface area contributed by atoms with Gasteiger partial charge in [0.25, 0.3) is 11.8 Å². The second-order valence-corrected chi connectivity index (χ2v) is 8.81. The van der Waals surface area contributed by atoms with Gasteiger partial charge in [-0.05, 0) is 88.3 Å². The van der Waals surface area contributed by atoms with Crippen molar-refractivity contribution in [3.8, 4) is 11.5 Å². The third-order valence-corrected chi connectivity index (χ3v) is 6.37. The van der Waals surface area contributed by atoms with Gasteiger partial charge in [0.2, 0.25) is 0 Å². The maximum absolute atomic E-state index is 13.6. The number of carbonyl (C=O) groups excluding carboxylic acids is 3. The van der Waals surface area contributed by atoms with Crippen LogP contribution in [0, 0.1) is 9.39 Å². The smallest absolute Gasteiger partial charge is 0.335 e. The summed E-state index contributed by atoms with van der Waals surface area (Å²) >= 11 is 2.13. The number of imide groups is 2. The number of rotatable bonds is 6. The monoisotopic (exact) mass is 586 g/mol. The summed E-state index contributed by atoms with van der Waals surface area (Å²) in [4.78, 5) is 39.0. The number of hydrogen-bond acceptors (Lipinski definition) is 5. The molecule has 1 aliphatic heterocycles. The lowest BCUT2D eigenvalue weighted by Crippen LogP contribution is -2.54. The molecule has 0 saturated carbocycles. The topological polar surface area (TPSA) is 84.9 Å². The molecule has 1 heterocycles. The van der Waals surface area contributed by atoms with E-state index in [4.69, 9.17) is 9.47 Å². The molecular formula is C26H20FIN2O5. The van der Waals surface area contributed by atoms with E-state index in [2.05, 4.69) is 27.9 Å². The van der Waals surface area contributed by atoms with Crippen LogP contribution in [0.5, 0.6) is 11.5 Å². The van der Waals surface area contributed by atoms with Crippen LogP contribution in [0.4, 0.5) is 14.9 Å². The molecule has 1 N–H and O–H groups in total. The van der Waals surface area contributed by atoms with E-state index in [1.165, 1.54) is 32.4 Å². The Morgan fingerprint density at radius 3 is 2.40 bits per heavy atom. The number of amides is 4. The van der Waals surface area contributed by atoms with Crippen molar-refractivity contribution >= 4 is 52.2 Å². The predicted octanol–water partition coefficient (Wildman–Crippen LogP) is 4.70. The van der Waals surface area contributed by atoms with E-state index in [1.54, 1.807) is 42.5 Å². The molecule has 9 heteroatoms. The van der Waals surface area contributed by atoms with Crippen molar-refractivity contribution in [3.05, 3.63) is 92.3 Å². The highest BCUT2D eigenvalue weighted by atomic mass is 127. The molecule has 0 unspecified atom stereocenters. The van der Waals surface area contributed by atoms with Crippen molar-refractivity contribution < 1.29 is 28.2 Å². The lowest BCUT2D eigenvalue weighted by atomic mass is 10.0. The van der Waals surface area contributed by atoms with E-state index in [0.29, 0.717) is 29.2 Å². The molecule has 3 aromatic rings. The minimum Gasteiger partial charge on any atom is -0.497 e. The first-order valence-corrected chi connectivity index (χ1v) is 11.5. The summed E-state index contributed by atoms with van der Waals surface area (Å²) in [7, 11) is 3.02. The molecule has 1 aliphatic rings. The Balaban J connectivity index is 1.68. The zero-order chi connectivity index (χ0) is 25.1. The highest BCUT2D eigenvalue weighted by Gasteiger charge is 2.36. The van der Waals surface area contributed by atoms with Crippen LogP contribution in [0.3, 0.4) is 0 Å². The molecule has 178 valence electrons. The summed E-state index contributed by atoms with van der Waals surface area (Å²) in [5.41, 5.74) is 2.26. The number of methoxy groups -OCH3 is 2. The van der Waals surface area contributed by atoms with Crippen LogP contribution in [0.2, 0.25) is 0 Å². The number of barbiturate groups is 1. The van der Waals surface area contributed by atoms with Gasteiger partial charge < -0.3 is 9.47 Å². The fourth-order valence-electron chi connectivity index (χ4n) is 3.71. The molecule has 1 fully saturated rings. The van der Waals surface area contributed by atoms with Gasteiger partial charge in [-0.15, -0.1) is 0 Å². The number of nitrogens with zero attached hydrogens (tertiary/aromatic N) is 1. The number of nitrogens with one attached hydrogen (secondary N) is 1. The summed E-state index contributed by atoms with van der Waals surface area (Å²) in [6.45, 7) is 0. The molecule has 0 spiro atoms. The van der Waals surface area contributed by atoms with Crippen molar-refractivity contribution in [1.29, 1.82) is 0 Å². The number of urea groups is 1. The molecule has 4 amide bonds. The SMILES string of the molecule is COc1ccc(N2C(=O)NC(=O)/C(=C\c3cc(I)c(Cc4cccc(F)c4)c(OC)c3)C2=O)cc1. The molecular weight excluding hydrogens is 566 g/mol. The van der Waals surface area contributed by atoms with Crippen molar-refractivity contribution in [2.45, 2.75) is 6.42 Å². The number of benzene rings is 3. The van der Waals surface area contributed by atoms with Gasteiger partial charge in [-0.2, -0.15) is 0 Å². The van der Waals surface area contributed by atoms with Crippen LogP contribution < -0.4 is 19.7 Å². The Morgan fingerprint density at radius 2 is 1.74 bits per heavy atom. The van der Waals surface area contributed by atoms with Gasteiger partial charge in [0, 0.05) is 15.6 Å². The summed E-state index contributed by atoms with van der Waals surface area (Å²) in [6.07, 6.45) is 1.85. The Labute approximate surface area is 214 Å². The second kappa shape index (κ2) is 10.3. The zero-order valence-electron chi connectivity index (χ0n) is 18.8. The van der Waals surface area contributed by atoms with E-state index in [1.807, 2.05) is 6.07 Å². The lowest BCUT2D eigenvalue weighted by molar-refractivity contribution is -0.122. The molecule has 7 nitrogen and oxygen atoms in total. The number of carbonyl (C=O) groups is 3. The number of anilines is 1. The van der Waals surface area contributed by atoms with E-state index >= 15 is 0 Å². The summed E-state index contributed by atoms with van der Waals surface area (Å²) in [5.74, 6) is -0.773. The van der Waals surface area contributed by atoms with Crippen molar-refractivity contribution in [3.63, 3.8) is 0 Å². The van der Waals surface area contributed by atoms with Crippen molar-refractivity contribution in [2.24, 2.45) is 0 Å². The van der Waals surface area contributed by atoms with Gasteiger partial charge in [-0.3, -0.25) is 14.9 Å². The molecule has 0 radical (unpaired) electrons. The van der Waals surface area contributed by atoms with Crippen LogP contribution in [-0.2, 0) is 16.0 Å². The molecule has 3 aromatic carbocycles. The highest BCUT2D eigenvalue weighted by Crippen LogP contribution is 2.31. The molecule has 35 heavy (non-hydrogen) atoms. The first kappa shape index (κ1) is 24.4. The number of hydrogen-bond donors (Lipinski definition) is 1. The Morgan fingerprint density at radius 1 is 1.00 bits per heavy atom. The molecule has 0 bridgehead atoms. The van der Waals surface area contributed by atoms with E-state index in [9.17, 15) is 18.8 Å². The Kier molecular flexibility index (Phi) is 7.15. The van der Waals surface area contributed by atoms with Crippen molar-refractivity contribution in [2.75, 3.05) is 19.1 Å². The molecule has 4 rings (SSSR count). The molecule has 0 atom stereocenters. The first-order valence-electron chi connectivity index (χ1n) is 10.5. The van der Waals surface area contributed by atoms with Gasteiger partial charge in [0.1, 0.15) is 22.9 Å². The predicted molar refractivity (Wildman–Crippen MR) is 137 cm³/mol. The van der Waals surface area contributed by atoms with Gasteiger partial charge in [0.15, 0.2) is 0 Å². The Hall–Kier alpha value is -3.73. The van der Waals surface area contributed by atoms with Gasteiger partial charge in [-0.1, -0.05) is 12.1 Å². The number of ether oxygens (including phenoxy) is 2. The van der Waals surface area contributed by atoms with Gasteiger partial charge in [0.05, 0.1) is 19.9 Å². The van der Waals surface area contributed by atoms with Crippen LogP contribution in [0.15, 0.2) is 66.2 Å². The van der Waals surface area contributed by atoms with Crippen LogP contribution >= 0.6 is 22.6 Å². The highest BCUT2D eigenvalue weighted by molar-refractivity contribution is 14.1. The normalized spacial score (nSPS) is 14.8. The quantitative estimate of drug-likeness (QED) is 0.257. The minimum atomic E-state index is -0.833. The fraction of sp³-hybridized carbons (Fsp3) is 0.115. The first-order chi connectivity index (χ1) is 16.8. The van der Waals surface area contributed by atoms with Gasteiger partial charge >= 0.3 is 6.03 Å². The average Bonchev–Trinajstić information content (AvgIpc) is 2.83.